The van der Waals surface area contributed by atoms with Crippen molar-refractivity contribution in [2.24, 2.45) is 5.92 Å². The number of carbonyl (C=O) groups is 1. The molecule has 1 amide bonds. The van der Waals surface area contributed by atoms with Crippen molar-refractivity contribution in [2.75, 3.05) is 18.5 Å². The van der Waals surface area contributed by atoms with Gasteiger partial charge in [0.25, 0.3) is 0 Å². The fraction of sp³-hybridized carbons (Fsp3) is 0.500. The molecule has 4 nitrogen and oxygen atoms in total. The molecular weight excluding hydrogens is 228 g/mol. The largest absolute Gasteiger partial charge is 0.396 e. The van der Waals surface area contributed by atoms with Crippen molar-refractivity contribution in [2.45, 2.75) is 26.8 Å². The van der Waals surface area contributed by atoms with Crippen LogP contribution in [0.5, 0.6) is 0 Å². The first-order valence-corrected chi connectivity index (χ1v) is 6.30. The van der Waals surface area contributed by atoms with Gasteiger partial charge >= 0.3 is 0 Å². The second-order valence-corrected chi connectivity index (χ2v) is 4.63. The third-order valence-corrected chi connectivity index (χ3v) is 2.72. The highest BCUT2D eigenvalue weighted by atomic mass is 16.3. The van der Waals surface area contributed by atoms with E-state index in [-0.39, 0.29) is 12.5 Å². The fourth-order valence-corrected chi connectivity index (χ4v) is 1.69. The van der Waals surface area contributed by atoms with Gasteiger partial charge in [-0.1, -0.05) is 19.1 Å². The zero-order valence-corrected chi connectivity index (χ0v) is 11.1. The summed E-state index contributed by atoms with van der Waals surface area (Å²) in [6, 6.07) is 7.79. The Morgan fingerprint density at radius 1 is 1.33 bits per heavy atom. The van der Waals surface area contributed by atoms with E-state index in [0.29, 0.717) is 5.92 Å². The molecule has 0 aliphatic rings. The van der Waals surface area contributed by atoms with Gasteiger partial charge in [-0.15, -0.1) is 0 Å². The second-order valence-electron chi connectivity index (χ2n) is 4.63. The summed E-state index contributed by atoms with van der Waals surface area (Å²) in [5.74, 6) is 0.423. The lowest BCUT2D eigenvalue weighted by Gasteiger charge is -2.11. The average Bonchev–Trinajstić information content (AvgIpc) is 2.31. The zero-order valence-electron chi connectivity index (χ0n) is 11.1. The van der Waals surface area contributed by atoms with E-state index < -0.39 is 0 Å². The summed E-state index contributed by atoms with van der Waals surface area (Å²) >= 11 is 0. The number of amides is 1. The minimum Gasteiger partial charge on any atom is -0.396 e. The second kappa shape index (κ2) is 7.84. The van der Waals surface area contributed by atoms with Gasteiger partial charge in [-0.2, -0.15) is 0 Å². The van der Waals surface area contributed by atoms with Crippen LogP contribution in [-0.4, -0.2) is 24.2 Å². The van der Waals surface area contributed by atoms with Crippen LogP contribution in [0.25, 0.3) is 0 Å². The number of nitrogens with one attached hydrogen (secondary N) is 2. The summed E-state index contributed by atoms with van der Waals surface area (Å²) in [7, 11) is 0. The number of benzene rings is 1. The molecule has 3 N–H and O–H groups in total. The first-order valence-electron chi connectivity index (χ1n) is 6.30. The Morgan fingerprint density at radius 3 is 2.56 bits per heavy atom. The van der Waals surface area contributed by atoms with Gasteiger partial charge in [0, 0.05) is 25.8 Å². The monoisotopic (exact) mass is 250 g/mol. The van der Waals surface area contributed by atoms with Crippen LogP contribution < -0.4 is 10.6 Å². The summed E-state index contributed by atoms with van der Waals surface area (Å²) in [6.07, 6.45) is 0.828. The van der Waals surface area contributed by atoms with Crippen molar-refractivity contribution in [1.82, 2.24) is 5.32 Å². The number of aliphatic hydroxyl groups excluding tert-OH is 1. The van der Waals surface area contributed by atoms with Crippen molar-refractivity contribution >= 4 is 11.6 Å². The van der Waals surface area contributed by atoms with Gasteiger partial charge in [-0.3, -0.25) is 4.79 Å². The summed E-state index contributed by atoms with van der Waals surface area (Å²) in [4.78, 5) is 10.9. The van der Waals surface area contributed by atoms with Crippen molar-refractivity contribution in [3.63, 3.8) is 0 Å². The van der Waals surface area contributed by atoms with Crippen LogP contribution in [0.4, 0.5) is 5.69 Å². The summed E-state index contributed by atoms with van der Waals surface area (Å²) < 4.78 is 0. The van der Waals surface area contributed by atoms with E-state index in [4.69, 9.17) is 5.11 Å². The minimum atomic E-state index is -0.0568. The highest BCUT2D eigenvalue weighted by Crippen LogP contribution is 2.09. The van der Waals surface area contributed by atoms with Crippen molar-refractivity contribution in [3.05, 3.63) is 29.8 Å². The smallest absolute Gasteiger partial charge is 0.221 e. The molecule has 0 fully saturated rings. The number of carbonyl (C=O) groups excluding carboxylic acids is 1. The molecule has 0 bridgehead atoms. The first-order chi connectivity index (χ1) is 8.61. The Morgan fingerprint density at radius 2 is 2.00 bits per heavy atom. The summed E-state index contributed by atoms with van der Waals surface area (Å²) in [6.45, 7) is 5.56. The topological polar surface area (TPSA) is 61.4 Å². The molecule has 0 radical (unpaired) electrons. The van der Waals surface area contributed by atoms with E-state index >= 15 is 0 Å². The van der Waals surface area contributed by atoms with Gasteiger partial charge in [-0.05, 0) is 36.6 Å². The highest BCUT2D eigenvalue weighted by Gasteiger charge is 2.01. The summed E-state index contributed by atoms with van der Waals surface area (Å²) in [5.41, 5.74) is 2.00. The number of aliphatic hydroxyl groups is 1. The van der Waals surface area contributed by atoms with Gasteiger partial charge in [0.15, 0.2) is 0 Å². The predicted molar refractivity (Wildman–Crippen MR) is 73.3 cm³/mol. The maximum atomic E-state index is 10.9. The molecule has 4 heteroatoms. The molecule has 0 heterocycles. The molecule has 18 heavy (non-hydrogen) atoms. The third-order valence-electron chi connectivity index (χ3n) is 2.72. The van der Waals surface area contributed by atoms with Crippen LogP contribution in [-0.2, 0) is 11.3 Å². The molecule has 0 aromatic heterocycles. The standard InChI is InChI=1S/C14H22N2O2/c1-11(7-8-17)9-15-10-13-3-5-14(6-4-13)16-12(2)18/h3-6,11,15,17H,7-10H2,1-2H3,(H,16,18). The molecule has 1 atom stereocenters. The highest BCUT2D eigenvalue weighted by molar-refractivity contribution is 5.88. The number of hydrogen-bond acceptors (Lipinski definition) is 3. The van der Waals surface area contributed by atoms with Crippen LogP contribution >= 0.6 is 0 Å². The number of hydrogen-bond donors (Lipinski definition) is 3. The van der Waals surface area contributed by atoms with E-state index in [1.54, 1.807) is 0 Å². The minimum absolute atomic E-state index is 0.0568. The molecule has 0 saturated carbocycles. The van der Waals surface area contributed by atoms with E-state index in [0.717, 1.165) is 25.2 Å². The lowest BCUT2D eigenvalue weighted by molar-refractivity contribution is -0.114. The van der Waals surface area contributed by atoms with Crippen LogP contribution in [0.3, 0.4) is 0 Å². The lowest BCUT2D eigenvalue weighted by Crippen LogP contribution is -2.21. The van der Waals surface area contributed by atoms with E-state index in [1.165, 1.54) is 12.5 Å². The van der Waals surface area contributed by atoms with E-state index in [1.807, 2.05) is 24.3 Å². The molecule has 1 unspecified atom stereocenters. The van der Waals surface area contributed by atoms with E-state index in [2.05, 4.69) is 17.6 Å². The van der Waals surface area contributed by atoms with Gasteiger partial charge in [0.1, 0.15) is 0 Å². The Hall–Kier alpha value is -1.39. The molecule has 1 aromatic rings. The van der Waals surface area contributed by atoms with Crippen molar-refractivity contribution in [1.29, 1.82) is 0 Å². The normalized spacial score (nSPS) is 12.2. The quantitative estimate of drug-likeness (QED) is 0.691. The Balaban J connectivity index is 2.32. The van der Waals surface area contributed by atoms with Crippen molar-refractivity contribution in [3.8, 4) is 0 Å². The van der Waals surface area contributed by atoms with Crippen LogP contribution in [0, 0.1) is 5.92 Å². The van der Waals surface area contributed by atoms with Gasteiger partial charge in [0.2, 0.25) is 5.91 Å². The van der Waals surface area contributed by atoms with Crippen LogP contribution in [0.15, 0.2) is 24.3 Å². The Kier molecular flexibility index (Phi) is 6.39. The first kappa shape index (κ1) is 14.7. The SMILES string of the molecule is CC(=O)Nc1ccc(CNCC(C)CCO)cc1. The molecule has 100 valence electrons. The third kappa shape index (κ3) is 5.80. The average molecular weight is 250 g/mol. The fourth-order valence-electron chi connectivity index (χ4n) is 1.69. The van der Waals surface area contributed by atoms with Gasteiger partial charge in [-0.25, -0.2) is 0 Å². The molecule has 0 spiro atoms. The summed E-state index contributed by atoms with van der Waals surface area (Å²) in [5, 5.41) is 14.9. The molecule has 0 aliphatic carbocycles. The number of rotatable bonds is 7. The van der Waals surface area contributed by atoms with Crippen LogP contribution in [0.2, 0.25) is 0 Å². The Labute approximate surface area is 108 Å². The Bertz CT molecular complexity index is 363. The maximum absolute atomic E-state index is 10.9. The van der Waals surface area contributed by atoms with Crippen molar-refractivity contribution < 1.29 is 9.90 Å². The number of anilines is 1. The maximum Gasteiger partial charge on any atom is 0.221 e. The van der Waals surface area contributed by atoms with E-state index in [9.17, 15) is 4.79 Å². The predicted octanol–water partition coefficient (Wildman–Crippen LogP) is 1.75. The van der Waals surface area contributed by atoms with Crippen LogP contribution in [0.1, 0.15) is 25.8 Å². The molecule has 1 aromatic carbocycles. The van der Waals surface area contributed by atoms with Gasteiger partial charge in [0.05, 0.1) is 0 Å². The molecule has 0 saturated heterocycles. The zero-order chi connectivity index (χ0) is 13.4. The van der Waals surface area contributed by atoms with Gasteiger partial charge < -0.3 is 15.7 Å². The molecule has 0 aliphatic heterocycles. The molecule has 1 rings (SSSR count). The lowest BCUT2D eigenvalue weighted by atomic mass is 10.1. The molecular formula is C14H22N2O2.